The van der Waals surface area contributed by atoms with Gasteiger partial charge in [-0.2, -0.15) is 0 Å². The quantitative estimate of drug-likeness (QED) is 0.585. The van der Waals surface area contributed by atoms with E-state index in [1.165, 1.54) is 6.33 Å². The molecule has 26 heavy (non-hydrogen) atoms. The van der Waals surface area contributed by atoms with E-state index in [2.05, 4.69) is 43.2 Å². The first-order chi connectivity index (χ1) is 12.5. The van der Waals surface area contributed by atoms with E-state index in [9.17, 15) is 10.1 Å². The predicted octanol–water partition coefficient (Wildman–Crippen LogP) is 3.42. The van der Waals surface area contributed by atoms with Gasteiger partial charge >= 0.3 is 5.69 Å². The number of aromatic nitrogens is 2. The van der Waals surface area contributed by atoms with Gasteiger partial charge in [0.2, 0.25) is 11.6 Å². The molecule has 1 aromatic carbocycles. The summed E-state index contributed by atoms with van der Waals surface area (Å²) in [5, 5.41) is 14.8. The normalized spacial score (nSPS) is 15.7. The molecule has 0 unspecified atom stereocenters. The van der Waals surface area contributed by atoms with Crippen LogP contribution in [0.4, 0.5) is 23.0 Å². The summed E-state index contributed by atoms with van der Waals surface area (Å²) < 4.78 is 0.804. The second kappa shape index (κ2) is 7.96. The molecule has 0 spiro atoms. The van der Waals surface area contributed by atoms with Crippen LogP contribution in [-0.2, 0) is 0 Å². The zero-order valence-electron chi connectivity index (χ0n) is 14.7. The molecule has 1 aliphatic rings. The largest absolute Gasteiger partial charge is 0.353 e. The smallest absolute Gasteiger partial charge is 0.351 e. The van der Waals surface area contributed by atoms with Crippen LogP contribution in [0.5, 0.6) is 0 Å². The van der Waals surface area contributed by atoms with Crippen LogP contribution in [0.2, 0.25) is 0 Å². The van der Waals surface area contributed by atoms with Gasteiger partial charge in [0.05, 0.1) is 10.6 Å². The Balaban J connectivity index is 1.93. The van der Waals surface area contributed by atoms with E-state index in [-0.39, 0.29) is 17.5 Å². The second-order valence-electron chi connectivity index (χ2n) is 6.40. The molecule has 1 aliphatic heterocycles. The number of halogens is 1. The van der Waals surface area contributed by atoms with Crippen LogP contribution >= 0.6 is 15.9 Å². The summed E-state index contributed by atoms with van der Waals surface area (Å²) in [4.78, 5) is 23.9. The number of nitrogens with one attached hydrogen (secondary N) is 1. The van der Waals surface area contributed by atoms with Gasteiger partial charge in [0.15, 0.2) is 0 Å². The number of rotatable bonds is 5. The number of hydrogen-bond donors (Lipinski definition) is 1. The fourth-order valence-corrected chi connectivity index (χ4v) is 3.52. The van der Waals surface area contributed by atoms with Crippen LogP contribution in [0.15, 0.2) is 35.1 Å². The van der Waals surface area contributed by atoms with Crippen LogP contribution in [-0.4, -0.2) is 53.0 Å². The van der Waals surface area contributed by atoms with Crippen molar-refractivity contribution < 1.29 is 4.92 Å². The molecule has 0 atom stereocenters. The van der Waals surface area contributed by atoms with Crippen LogP contribution in [0, 0.1) is 10.1 Å². The third kappa shape index (κ3) is 3.94. The van der Waals surface area contributed by atoms with Crippen molar-refractivity contribution in [3.63, 3.8) is 0 Å². The predicted molar refractivity (Wildman–Crippen MR) is 105 cm³/mol. The van der Waals surface area contributed by atoms with Crippen molar-refractivity contribution in [3.05, 3.63) is 45.2 Å². The molecule has 0 saturated carbocycles. The SMILES string of the molecule is CN1CCC(N(C)c2ncnc(Nc3ccccc3Br)c2[N+](=O)[O-])CC1. The fourth-order valence-electron chi connectivity index (χ4n) is 3.13. The van der Waals surface area contributed by atoms with E-state index in [0.717, 1.165) is 30.4 Å². The van der Waals surface area contributed by atoms with E-state index in [1.807, 2.05) is 36.2 Å². The van der Waals surface area contributed by atoms with Gasteiger partial charge < -0.3 is 15.1 Å². The van der Waals surface area contributed by atoms with Crippen LogP contribution in [0.25, 0.3) is 0 Å². The van der Waals surface area contributed by atoms with Gasteiger partial charge in [-0.25, -0.2) is 9.97 Å². The molecule has 138 valence electrons. The maximum absolute atomic E-state index is 11.8. The summed E-state index contributed by atoms with van der Waals surface area (Å²) in [6.07, 6.45) is 3.26. The number of anilines is 3. The second-order valence-corrected chi connectivity index (χ2v) is 7.26. The van der Waals surface area contributed by atoms with Gasteiger partial charge in [0.1, 0.15) is 6.33 Å². The first kappa shape index (κ1) is 18.5. The number of hydrogen-bond acceptors (Lipinski definition) is 7. The topological polar surface area (TPSA) is 87.4 Å². The number of para-hydroxylation sites is 1. The lowest BCUT2D eigenvalue weighted by molar-refractivity contribution is -0.383. The fraction of sp³-hybridized carbons (Fsp3) is 0.412. The van der Waals surface area contributed by atoms with Crippen molar-refractivity contribution in [1.29, 1.82) is 0 Å². The van der Waals surface area contributed by atoms with E-state index >= 15 is 0 Å². The Kier molecular flexibility index (Phi) is 5.67. The minimum Gasteiger partial charge on any atom is -0.351 e. The standard InChI is InChI=1S/C17H21BrN6O2/c1-22-9-7-12(8-10-22)23(2)17-15(24(25)26)16(19-11-20-17)21-14-6-4-3-5-13(14)18/h3-6,11-12H,7-10H2,1-2H3,(H,19,20,21). The van der Waals surface area contributed by atoms with Gasteiger partial charge in [-0.3, -0.25) is 10.1 Å². The molecule has 1 N–H and O–H groups in total. The Bertz CT molecular complexity index is 795. The molecule has 0 amide bonds. The van der Waals surface area contributed by atoms with Gasteiger partial charge in [-0.1, -0.05) is 12.1 Å². The van der Waals surface area contributed by atoms with Gasteiger partial charge in [0, 0.05) is 17.6 Å². The molecule has 2 heterocycles. The van der Waals surface area contributed by atoms with E-state index in [4.69, 9.17) is 0 Å². The monoisotopic (exact) mass is 420 g/mol. The third-order valence-corrected chi connectivity index (χ3v) is 5.37. The van der Waals surface area contributed by atoms with Crippen molar-refractivity contribution in [1.82, 2.24) is 14.9 Å². The number of piperidine rings is 1. The van der Waals surface area contributed by atoms with E-state index < -0.39 is 4.92 Å². The Morgan fingerprint density at radius 3 is 2.65 bits per heavy atom. The average Bonchev–Trinajstić information content (AvgIpc) is 2.63. The molecule has 3 rings (SSSR count). The van der Waals surface area contributed by atoms with Gasteiger partial charge in [0.25, 0.3) is 0 Å². The van der Waals surface area contributed by atoms with Crippen LogP contribution in [0.1, 0.15) is 12.8 Å². The minimum atomic E-state index is -0.417. The summed E-state index contributed by atoms with van der Waals surface area (Å²) in [6.45, 7) is 1.94. The number of nitrogens with zero attached hydrogens (tertiary/aromatic N) is 5. The summed E-state index contributed by atoms with van der Waals surface area (Å²) >= 11 is 3.44. The molecule has 2 aromatic rings. The van der Waals surface area contributed by atoms with Crippen molar-refractivity contribution in [2.75, 3.05) is 37.4 Å². The lowest BCUT2D eigenvalue weighted by Gasteiger charge is -2.35. The zero-order valence-corrected chi connectivity index (χ0v) is 16.3. The van der Waals surface area contributed by atoms with Gasteiger partial charge in [-0.05, 0) is 61.0 Å². The maximum atomic E-state index is 11.8. The van der Waals surface area contributed by atoms with Crippen molar-refractivity contribution >= 4 is 38.9 Å². The van der Waals surface area contributed by atoms with E-state index in [0.29, 0.717) is 11.5 Å². The zero-order chi connectivity index (χ0) is 18.7. The highest BCUT2D eigenvalue weighted by molar-refractivity contribution is 9.10. The Hall–Kier alpha value is -2.26. The van der Waals surface area contributed by atoms with Crippen LogP contribution < -0.4 is 10.2 Å². The number of benzene rings is 1. The third-order valence-electron chi connectivity index (χ3n) is 4.68. The lowest BCUT2D eigenvalue weighted by Crippen LogP contribution is -2.42. The number of nitro groups is 1. The highest BCUT2D eigenvalue weighted by atomic mass is 79.9. The Morgan fingerprint density at radius 1 is 1.31 bits per heavy atom. The molecular formula is C17H21BrN6O2. The van der Waals surface area contributed by atoms with Crippen molar-refractivity contribution in [2.45, 2.75) is 18.9 Å². The Labute approximate surface area is 160 Å². The molecule has 0 radical (unpaired) electrons. The first-order valence-electron chi connectivity index (χ1n) is 8.39. The van der Waals surface area contributed by atoms with Gasteiger partial charge in [-0.15, -0.1) is 0 Å². The summed E-state index contributed by atoms with van der Waals surface area (Å²) in [5.74, 6) is 0.529. The molecule has 9 heteroatoms. The lowest BCUT2D eigenvalue weighted by atomic mass is 10.0. The molecule has 1 aromatic heterocycles. The first-order valence-corrected chi connectivity index (χ1v) is 9.19. The van der Waals surface area contributed by atoms with E-state index in [1.54, 1.807) is 0 Å². The van der Waals surface area contributed by atoms with Crippen molar-refractivity contribution in [3.8, 4) is 0 Å². The summed E-state index contributed by atoms with van der Waals surface area (Å²) in [7, 11) is 3.95. The average molecular weight is 421 g/mol. The highest BCUT2D eigenvalue weighted by Gasteiger charge is 2.30. The molecular weight excluding hydrogens is 400 g/mol. The highest BCUT2D eigenvalue weighted by Crippen LogP contribution is 2.36. The number of likely N-dealkylation sites (tertiary alicyclic amines) is 1. The minimum absolute atomic E-state index is 0.107. The van der Waals surface area contributed by atoms with Crippen LogP contribution in [0.3, 0.4) is 0 Å². The molecule has 1 saturated heterocycles. The molecule has 0 aliphatic carbocycles. The molecule has 8 nitrogen and oxygen atoms in total. The Morgan fingerprint density at radius 2 is 2.00 bits per heavy atom. The maximum Gasteiger partial charge on any atom is 0.353 e. The summed E-state index contributed by atoms with van der Waals surface area (Å²) in [6, 6.07) is 7.64. The molecule has 1 fully saturated rings. The molecule has 0 bridgehead atoms. The van der Waals surface area contributed by atoms with Crippen molar-refractivity contribution in [2.24, 2.45) is 0 Å². The summed E-state index contributed by atoms with van der Waals surface area (Å²) in [5.41, 5.74) is 0.604.